The Morgan fingerprint density at radius 3 is 2.95 bits per heavy atom. The predicted octanol–water partition coefficient (Wildman–Crippen LogP) is 0.870. The molecule has 2 aliphatic heterocycles. The van der Waals surface area contributed by atoms with Gasteiger partial charge in [0.1, 0.15) is 0 Å². The van der Waals surface area contributed by atoms with Crippen LogP contribution in [0.25, 0.3) is 0 Å². The van der Waals surface area contributed by atoms with Crippen molar-refractivity contribution in [3.05, 3.63) is 17.8 Å². The van der Waals surface area contributed by atoms with Crippen LogP contribution >= 0.6 is 0 Å². The molecule has 1 aromatic heterocycles. The van der Waals surface area contributed by atoms with E-state index >= 15 is 0 Å². The van der Waals surface area contributed by atoms with Crippen LogP contribution in [0.3, 0.4) is 0 Å². The number of piperidine rings is 1. The van der Waals surface area contributed by atoms with Crippen molar-refractivity contribution in [2.45, 2.75) is 31.8 Å². The molecule has 0 saturated carbocycles. The highest BCUT2D eigenvalue weighted by Crippen LogP contribution is 2.23. The van der Waals surface area contributed by atoms with Crippen molar-refractivity contribution in [3.8, 4) is 0 Å². The van der Waals surface area contributed by atoms with Crippen molar-refractivity contribution >= 4 is 5.82 Å². The van der Waals surface area contributed by atoms with Crippen molar-refractivity contribution in [2.24, 2.45) is 0 Å². The molecular weight excluding hydrogens is 238 g/mol. The first-order valence-corrected chi connectivity index (χ1v) is 7.33. The summed E-state index contributed by atoms with van der Waals surface area (Å²) in [4.78, 5) is 5.03. The van der Waals surface area contributed by atoms with Crippen LogP contribution in [-0.4, -0.2) is 54.4 Å². The van der Waals surface area contributed by atoms with E-state index in [1.807, 2.05) is 7.05 Å². The highest BCUT2D eigenvalue weighted by molar-refractivity contribution is 5.38. The predicted molar refractivity (Wildman–Crippen MR) is 76.2 cm³/mol. The number of rotatable bonds is 3. The molecular formula is C14H23N5. The number of aromatic nitrogens is 2. The third-order valence-electron chi connectivity index (χ3n) is 4.22. The van der Waals surface area contributed by atoms with E-state index in [2.05, 4.69) is 37.4 Å². The number of hydrogen-bond acceptors (Lipinski definition) is 5. The molecule has 3 rings (SSSR count). The lowest BCUT2D eigenvalue weighted by molar-refractivity contribution is 0.133. The lowest BCUT2D eigenvalue weighted by Gasteiger charge is -2.44. The first kappa shape index (κ1) is 12.8. The maximum atomic E-state index is 4.38. The van der Waals surface area contributed by atoms with Crippen LogP contribution in [0.1, 0.15) is 25.0 Å². The van der Waals surface area contributed by atoms with Crippen molar-refractivity contribution in [3.63, 3.8) is 0 Å². The SMILES string of the molecule is CNCc1ccc(N2CCN3CCCCC3C2)nn1. The van der Waals surface area contributed by atoms with Gasteiger partial charge >= 0.3 is 0 Å². The van der Waals surface area contributed by atoms with E-state index in [1.165, 1.54) is 32.4 Å². The van der Waals surface area contributed by atoms with Gasteiger partial charge in [-0.25, -0.2) is 0 Å². The molecule has 1 unspecified atom stereocenters. The van der Waals surface area contributed by atoms with Gasteiger partial charge in [0.2, 0.25) is 0 Å². The summed E-state index contributed by atoms with van der Waals surface area (Å²) >= 11 is 0. The summed E-state index contributed by atoms with van der Waals surface area (Å²) in [6.45, 7) is 5.43. The Morgan fingerprint density at radius 1 is 1.21 bits per heavy atom. The van der Waals surface area contributed by atoms with Gasteiger partial charge in [-0.1, -0.05) is 6.42 Å². The maximum Gasteiger partial charge on any atom is 0.151 e. The van der Waals surface area contributed by atoms with Gasteiger partial charge in [-0.05, 0) is 38.6 Å². The largest absolute Gasteiger partial charge is 0.352 e. The molecule has 2 fully saturated rings. The Balaban J connectivity index is 1.65. The second kappa shape index (κ2) is 5.84. The van der Waals surface area contributed by atoms with E-state index in [0.29, 0.717) is 0 Å². The quantitative estimate of drug-likeness (QED) is 0.875. The molecule has 5 nitrogen and oxygen atoms in total. The second-order valence-electron chi connectivity index (χ2n) is 5.54. The normalized spacial score (nSPS) is 24.3. The maximum absolute atomic E-state index is 4.38. The van der Waals surface area contributed by atoms with Crippen molar-refractivity contribution in [1.82, 2.24) is 20.4 Å². The summed E-state index contributed by atoms with van der Waals surface area (Å²) in [5.74, 6) is 1.03. The minimum absolute atomic E-state index is 0.723. The minimum Gasteiger partial charge on any atom is -0.352 e. The average molecular weight is 261 g/mol. The molecule has 2 saturated heterocycles. The molecule has 1 aromatic rings. The van der Waals surface area contributed by atoms with Crippen LogP contribution in [-0.2, 0) is 6.54 Å². The summed E-state index contributed by atoms with van der Waals surface area (Å²) in [7, 11) is 1.93. The fourth-order valence-corrected chi connectivity index (χ4v) is 3.16. The van der Waals surface area contributed by atoms with Gasteiger partial charge < -0.3 is 10.2 Å². The summed E-state index contributed by atoms with van der Waals surface area (Å²) in [5, 5.41) is 11.8. The molecule has 1 atom stereocenters. The highest BCUT2D eigenvalue weighted by atomic mass is 15.3. The fourth-order valence-electron chi connectivity index (χ4n) is 3.16. The number of hydrogen-bond donors (Lipinski definition) is 1. The van der Waals surface area contributed by atoms with Gasteiger partial charge in [0.15, 0.2) is 5.82 Å². The summed E-state index contributed by atoms with van der Waals surface area (Å²) < 4.78 is 0. The minimum atomic E-state index is 0.723. The van der Waals surface area contributed by atoms with Crippen molar-refractivity contribution in [1.29, 1.82) is 0 Å². The van der Waals surface area contributed by atoms with Gasteiger partial charge in [0, 0.05) is 32.2 Å². The van der Waals surface area contributed by atoms with Gasteiger partial charge in [-0.3, -0.25) is 4.90 Å². The second-order valence-corrected chi connectivity index (χ2v) is 5.54. The van der Waals surface area contributed by atoms with Crippen LogP contribution in [0.4, 0.5) is 5.82 Å². The zero-order valence-corrected chi connectivity index (χ0v) is 11.7. The highest BCUT2D eigenvalue weighted by Gasteiger charge is 2.29. The Kier molecular flexibility index (Phi) is 3.94. The third kappa shape index (κ3) is 2.87. The average Bonchev–Trinajstić information content (AvgIpc) is 2.48. The van der Waals surface area contributed by atoms with E-state index in [1.54, 1.807) is 0 Å². The Bertz CT molecular complexity index is 405. The molecule has 5 heteroatoms. The summed E-state index contributed by atoms with van der Waals surface area (Å²) in [6, 6.07) is 4.91. The Morgan fingerprint density at radius 2 is 2.16 bits per heavy atom. The van der Waals surface area contributed by atoms with Gasteiger partial charge in [0.05, 0.1) is 5.69 Å². The van der Waals surface area contributed by atoms with E-state index in [0.717, 1.165) is 37.2 Å². The lowest BCUT2D eigenvalue weighted by Crippen LogP contribution is -2.55. The first-order valence-electron chi connectivity index (χ1n) is 7.33. The van der Waals surface area contributed by atoms with E-state index in [9.17, 15) is 0 Å². The zero-order chi connectivity index (χ0) is 13.1. The first-order chi connectivity index (χ1) is 9.36. The molecule has 0 radical (unpaired) electrons. The molecule has 0 aliphatic carbocycles. The number of anilines is 1. The summed E-state index contributed by atoms with van der Waals surface area (Å²) in [5.41, 5.74) is 1.00. The molecule has 0 bridgehead atoms. The monoisotopic (exact) mass is 261 g/mol. The number of piperazine rings is 1. The molecule has 0 amide bonds. The molecule has 0 spiro atoms. The van der Waals surface area contributed by atoms with Gasteiger partial charge in [-0.15, -0.1) is 5.10 Å². The Labute approximate surface area is 115 Å². The zero-order valence-electron chi connectivity index (χ0n) is 11.7. The van der Waals surface area contributed by atoms with Crippen LogP contribution in [0.2, 0.25) is 0 Å². The van der Waals surface area contributed by atoms with E-state index in [4.69, 9.17) is 0 Å². The molecule has 0 aromatic carbocycles. The van der Waals surface area contributed by atoms with Crippen molar-refractivity contribution < 1.29 is 0 Å². The topological polar surface area (TPSA) is 44.3 Å². The van der Waals surface area contributed by atoms with E-state index in [-0.39, 0.29) is 0 Å². The molecule has 104 valence electrons. The lowest BCUT2D eigenvalue weighted by atomic mass is 9.99. The smallest absolute Gasteiger partial charge is 0.151 e. The van der Waals surface area contributed by atoms with Crippen LogP contribution < -0.4 is 10.2 Å². The van der Waals surface area contributed by atoms with Crippen LogP contribution in [0.15, 0.2) is 12.1 Å². The molecule has 2 aliphatic rings. The van der Waals surface area contributed by atoms with Crippen molar-refractivity contribution in [2.75, 3.05) is 38.1 Å². The molecule has 19 heavy (non-hydrogen) atoms. The van der Waals surface area contributed by atoms with Crippen LogP contribution in [0, 0.1) is 0 Å². The fraction of sp³-hybridized carbons (Fsp3) is 0.714. The number of nitrogens with zero attached hydrogens (tertiary/aromatic N) is 4. The third-order valence-corrected chi connectivity index (χ3v) is 4.22. The van der Waals surface area contributed by atoms with E-state index < -0.39 is 0 Å². The summed E-state index contributed by atoms with van der Waals surface area (Å²) in [6.07, 6.45) is 4.08. The van der Waals surface area contributed by atoms with Gasteiger partial charge in [-0.2, -0.15) is 5.10 Å². The number of nitrogens with one attached hydrogen (secondary N) is 1. The molecule has 1 N–H and O–H groups in total. The van der Waals surface area contributed by atoms with Crippen LogP contribution in [0.5, 0.6) is 0 Å². The standard InChI is InChI=1S/C14H23N5/c1-15-10-12-5-6-14(17-16-12)19-9-8-18-7-3-2-4-13(18)11-19/h5-6,13,15H,2-4,7-11H2,1H3. The number of fused-ring (bicyclic) bond motifs is 1. The Hall–Kier alpha value is -1.20. The van der Waals surface area contributed by atoms with Gasteiger partial charge in [0.25, 0.3) is 0 Å². The molecule has 3 heterocycles.